The second kappa shape index (κ2) is 8.35. The monoisotopic (exact) mass is 422 g/mol. The van der Waals surface area contributed by atoms with Crippen LogP contribution in [-0.2, 0) is 7.05 Å². The molecule has 0 bridgehead atoms. The minimum absolute atomic E-state index is 0.148. The zero-order chi connectivity index (χ0) is 22.1. The number of aromatic nitrogens is 3. The number of nitrogens with one attached hydrogen (secondary N) is 2. The highest BCUT2D eigenvalue weighted by Gasteiger charge is 2.24. The molecule has 2 aromatic heterocycles. The number of carbonyl (C=O) groups excluding carboxylic acids is 1. The molecule has 31 heavy (non-hydrogen) atoms. The SMILES string of the molecule is COc1ncc2c(N3C[C@@H](C)N[C@H](C)C3)ccc(C(=O)Nc3ccc(=O)n(C)c3)c2n1. The van der Waals surface area contributed by atoms with Crippen molar-refractivity contribution >= 4 is 28.2 Å². The van der Waals surface area contributed by atoms with Gasteiger partial charge in [0.25, 0.3) is 5.91 Å². The van der Waals surface area contributed by atoms with Crippen molar-refractivity contribution in [2.45, 2.75) is 25.9 Å². The highest BCUT2D eigenvalue weighted by atomic mass is 16.5. The lowest BCUT2D eigenvalue weighted by atomic mass is 10.0. The minimum atomic E-state index is -0.321. The largest absolute Gasteiger partial charge is 0.467 e. The van der Waals surface area contributed by atoms with Gasteiger partial charge >= 0.3 is 6.01 Å². The van der Waals surface area contributed by atoms with Gasteiger partial charge in [-0.05, 0) is 32.0 Å². The average Bonchev–Trinajstić information content (AvgIpc) is 2.74. The van der Waals surface area contributed by atoms with Gasteiger partial charge in [-0.25, -0.2) is 4.98 Å². The molecule has 3 aromatic rings. The first-order valence-corrected chi connectivity index (χ1v) is 10.2. The highest BCUT2D eigenvalue weighted by Crippen LogP contribution is 2.30. The van der Waals surface area contributed by atoms with Gasteiger partial charge in [0.05, 0.1) is 23.9 Å². The molecule has 0 saturated carbocycles. The number of aryl methyl sites for hydroxylation is 1. The van der Waals surface area contributed by atoms with E-state index in [-0.39, 0.29) is 17.5 Å². The van der Waals surface area contributed by atoms with Gasteiger partial charge in [0.2, 0.25) is 5.56 Å². The first kappa shape index (κ1) is 20.8. The molecule has 9 heteroatoms. The molecule has 0 aliphatic carbocycles. The summed E-state index contributed by atoms with van der Waals surface area (Å²) in [6.45, 7) is 5.99. The Morgan fingerprint density at radius 3 is 2.61 bits per heavy atom. The van der Waals surface area contributed by atoms with Crippen molar-refractivity contribution in [3.05, 3.63) is 52.6 Å². The lowest BCUT2D eigenvalue weighted by Crippen LogP contribution is -2.54. The molecule has 2 N–H and O–H groups in total. The Labute approximate surface area is 180 Å². The first-order valence-electron chi connectivity index (χ1n) is 10.2. The van der Waals surface area contributed by atoms with Crippen LogP contribution in [0, 0.1) is 0 Å². The Morgan fingerprint density at radius 2 is 1.94 bits per heavy atom. The Kier molecular flexibility index (Phi) is 5.60. The third kappa shape index (κ3) is 4.22. The quantitative estimate of drug-likeness (QED) is 0.661. The van der Waals surface area contributed by atoms with Crippen LogP contribution in [0.25, 0.3) is 10.9 Å². The smallest absolute Gasteiger partial charge is 0.316 e. The van der Waals surface area contributed by atoms with Crippen LogP contribution in [0.3, 0.4) is 0 Å². The average molecular weight is 422 g/mol. The normalized spacial score (nSPS) is 18.8. The summed E-state index contributed by atoms with van der Waals surface area (Å²) in [4.78, 5) is 35.8. The number of hydrogen-bond acceptors (Lipinski definition) is 7. The number of rotatable bonds is 4. The minimum Gasteiger partial charge on any atom is -0.467 e. The van der Waals surface area contributed by atoms with E-state index in [2.05, 4.69) is 39.3 Å². The fourth-order valence-electron chi connectivity index (χ4n) is 4.04. The summed E-state index contributed by atoms with van der Waals surface area (Å²) in [6, 6.07) is 7.58. The topological polar surface area (TPSA) is 101 Å². The fourth-order valence-corrected chi connectivity index (χ4v) is 4.04. The predicted octanol–water partition coefficient (Wildman–Crippen LogP) is 1.78. The van der Waals surface area contributed by atoms with E-state index in [4.69, 9.17) is 4.74 Å². The molecule has 9 nitrogen and oxygen atoms in total. The summed E-state index contributed by atoms with van der Waals surface area (Å²) in [7, 11) is 3.13. The Balaban J connectivity index is 1.76. The molecule has 3 heterocycles. The maximum absolute atomic E-state index is 13.1. The van der Waals surface area contributed by atoms with Crippen LogP contribution < -0.4 is 25.8 Å². The molecule has 0 radical (unpaired) electrons. The van der Waals surface area contributed by atoms with Crippen molar-refractivity contribution in [1.29, 1.82) is 0 Å². The van der Waals surface area contributed by atoms with Crippen molar-refractivity contribution in [1.82, 2.24) is 19.9 Å². The van der Waals surface area contributed by atoms with Gasteiger partial charge in [0, 0.05) is 61.8 Å². The van der Waals surface area contributed by atoms with Gasteiger partial charge in [-0.15, -0.1) is 0 Å². The number of pyridine rings is 1. The fraction of sp³-hybridized carbons (Fsp3) is 0.364. The zero-order valence-electron chi connectivity index (χ0n) is 18.0. The molecule has 1 aromatic carbocycles. The maximum Gasteiger partial charge on any atom is 0.316 e. The molecule has 1 fully saturated rings. The second-order valence-corrected chi connectivity index (χ2v) is 7.95. The molecule has 2 atom stereocenters. The maximum atomic E-state index is 13.1. The predicted molar refractivity (Wildman–Crippen MR) is 120 cm³/mol. The van der Waals surface area contributed by atoms with Gasteiger partial charge in [0.1, 0.15) is 0 Å². The van der Waals surface area contributed by atoms with Crippen LogP contribution in [0.15, 0.2) is 41.5 Å². The highest BCUT2D eigenvalue weighted by molar-refractivity contribution is 6.13. The van der Waals surface area contributed by atoms with Crippen LogP contribution in [-0.4, -0.2) is 52.7 Å². The van der Waals surface area contributed by atoms with E-state index in [1.807, 2.05) is 6.07 Å². The van der Waals surface area contributed by atoms with Crippen LogP contribution in [0.5, 0.6) is 6.01 Å². The number of piperazine rings is 1. The van der Waals surface area contributed by atoms with Crippen molar-refractivity contribution in [3.63, 3.8) is 0 Å². The molecular weight excluding hydrogens is 396 g/mol. The Bertz CT molecular complexity index is 1180. The standard InChI is InChI=1S/C22H26N6O3/c1-13-10-28(11-14(2)24-13)18-7-6-16(20-17(18)9-23-22(26-20)31-4)21(30)25-15-5-8-19(29)27(3)12-15/h5-9,12-14,24H,10-11H2,1-4H3,(H,25,30)/t13-,14-/m1/s1. The van der Waals surface area contributed by atoms with Crippen molar-refractivity contribution < 1.29 is 9.53 Å². The van der Waals surface area contributed by atoms with Gasteiger partial charge in [-0.1, -0.05) is 0 Å². The first-order chi connectivity index (χ1) is 14.9. The van der Waals surface area contributed by atoms with Crippen LogP contribution in [0.1, 0.15) is 24.2 Å². The van der Waals surface area contributed by atoms with E-state index >= 15 is 0 Å². The van der Waals surface area contributed by atoms with E-state index in [0.29, 0.717) is 28.9 Å². The summed E-state index contributed by atoms with van der Waals surface area (Å²) in [5.41, 5.74) is 2.28. The summed E-state index contributed by atoms with van der Waals surface area (Å²) in [6.07, 6.45) is 3.28. The summed E-state index contributed by atoms with van der Waals surface area (Å²) < 4.78 is 6.62. The number of methoxy groups -OCH3 is 1. The summed E-state index contributed by atoms with van der Waals surface area (Å²) >= 11 is 0. The van der Waals surface area contributed by atoms with E-state index in [0.717, 1.165) is 24.2 Å². The molecule has 162 valence electrons. The Morgan fingerprint density at radius 1 is 1.19 bits per heavy atom. The third-order valence-electron chi connectivity index (χ3n) is 5.37. The number of amides is 1. The lowest BCUT2D eigenvalue weighted by molar-refractivity contribution is 0.102. The Hall–Kier alpha value is -3.46. The second-order valence-electron chi connectivity index (χ2n) is 7.95. The van der Waals surface area contributed by atoms with E-state index in [1.54, 1.807) is 31.6 Å². The molecule has 1 saturated heterocycles. The van der Waals surface area contributed by atoms with E-state index in [1.165, 1.54) is 17.7 Å². The van der Waals surface area contributed by atoms with Gasteiger partial charge in [0.15, 0.2) is 0 Å². The van der Waals surface area contributed by atoms with E-state index in [9.17, 15) is 9.59 Å². The molecule has 1 amide bonds. The number of carbonyl (C=O) groups is 1. The van der Waals surface area contributed by atoms with Gasteiger partial charge in [-0.3, -0.25) is 9.59 Å². The van der Waals surface area contributed by atoms with Crippen molar-refractivity contribution in [2.75, 3.05) is 30.4 Å². The molecule has 0 spiro atoms. The number of anilines is 2. The van der Waals surface area contributed by atoms with Crippen molar-refractivity contribution in [2.24, 2.45) is 7.05 Å². The van der Waals surface area contributed by atoms with Gasteiger partial charge < -0.3 is 24.8 Å². The van der Waals surface area contributed by atoms with E-state index < -0.39 is 0 Å². The summed E-state index contributed by atoms with van der Waals surface area (Å²) in [5, 5.41) is 7.16. The molecule has 1 aliphatic rings. The lowest BCUT2D eigenvalue weighted by Gasteiger charge is -2.38. The molecule has 0 unspecified atom stereocenters. The summed E-state index contributed by atoms with van der Waals surface area (Å²) in [5.74, 6) is -0.321. The number of hydrogen-bond donors (Lipinski definition) is 2. The number of nitrogens with zero attached hydrogens (tertiary/aromatic N) is 4. The molecule has 1 aliphatic heterocycles. The number of fused-ring (bicyclic) bond motifs is 1. The molecule has 4 rings (SSSR count). The zero-order valence-corrected chi connectivity index (χ0v) is 18.0. The number of ether oxygens (including phenoxy) is 1. The van der Waals surface area contributed by atoms with Crippen molar-refractivity contribution in [3.8, 4) is 6.01 Å². The van der Waals surface area contributed by atoms with Crippen LogP contribution >= 0.6 is 0 Å². The van der Waals surface area contributed by atoms with Gasteiger partial charge in [-0.2, -0.15) is 4.98 Å². The van der Waals surface area contributed by atoms with Crippen LogP contribution in [0.4, 0.5) is 11.4 Å². The molecular formula is C22H26N6O3. The third-order valence-corrected chi connectivity index (χ3v) is 5.37. The number of benzene rings is 1. The van der Waals surface area contributed by atoms with Crippen LogP contribution in [0.2, 0.25) is 0 Å².